The van der Waals surface area contributed by atoms with Gasteiger partial charge in [-0.05, 0) is 56.6 Å². The molecule has 1 N–H and O–H groups in total. The predicted octanol–water partition coefficient (Wildman–Crippen LogP) is 3.28. The van der Waals surface area contributed by atoms with Gasteiger partial charge in [0.25, 0.3) is 0 Å². The Labute approximate surface area is 180 Å². The van der Waals surface area contributed by atoms with Crippen LogP contribution in [0.3, 0.4) is 0 Å². The summed E-state index contributed by atoms with van der Waals surface area (Å²) in [6, 6.07) is 12.0. The minimum atomic E-state index is 0.269. The Morgan fingerprint density at radius 3 is 2.84 bits per heavy atom. The molecule has 1 aliphatic heterocycles. The van der Waals surface area contributed by atoms with Gasteiger partial charge in [0, 0.05) is 12.2 Å². The minimum absolute atomic E-state index is 0.269. The number of fused-ring (bicyclic) bond motifs is 1. The van der Waals surface area contributed by atoms with Crippen molar-refractivity contribution in [2.75, 3.05) is 13.1 Å². The summed E-state index contributed by atoms with van der Waals surface area (Å²) in [4.78, 5) is 9.55. The van der Waals surface area contributed by atoms with Gasteiger partial charge < -0.3 is 14.5 Å². The number of nitrogens with one attached hydrogen (secondary N) is 1. The largest absolute Gasteiger partial charge is 0.461 e. The van der Waals surface area contributed by atoms with Crippen LogP contribution in [0, 0.1) is 6.92 Å². The van der Waals surface area contributed by atoms with Gasteiger partial charge in [-0.15, -0.1) is 5.10 Å². The molecule has 31 heavy (non-hydrogen) atoms. The van der Waals surface area contributed by atoms with Gasteiger partial charge in [-0.3, -0.25) is 4.98 Å². The van der Waals surface area contributed by atoms with Gasteiger partial charge >= 0.3 is 0 Å². The van der Waals surface area contributed by atoms with E-state index < -0.39 is 0 Å². The van der Waals surface area contributed by atoms with E-state index in [2.05, 4.69) is 22.6 Å². The number of rotatable bonds is 7. The van der Waals surface area contributed by atoms with Gasteiger partial charge in [0.1, 0.15) is 17.0 Å². The smallest absolute Gasteiger partial charge is 0.179 e. The topological polar surface area (TPSA) is 90.9 Å². The molecule has 0 saturated carbocycles. The predicted molar refractivity (Wildman–Crippen MR) is 117 cm³/mol. The monoisotopic (exact) mass is 418 g/mol. The lowest BCUT2D eigenvalue weighted by Gasteiger charge is -2.11. The summed E-state index contributed by atoms with van der Waals surface area (Å²) < 4.78 is 13.6. The summed E-state index contributed by atoms with van der Waals surface area (Å²) >= 11 is 0. The minimum Gasteiger partial charge on any atom is -0.461 e. The number of aromatic nitrogens is 5. The number of hydrogen-bond acceptors (Lipinski definition) is 7. The van der Waals surface area contributed by atoms with Crippen LogP contribution in [-0.2, 0) is 24.3 Å². The van der Waals surface area contributed by atoms with E-state index in [0.29, 0.717) is 13.2 Å². The van der Waals surface area contributed by atoms with Crippen LogP contribution in [-0.4, -0.2) is 44.2 Å². The maximum atomic E-state index is 5.96. The van der Waals surface area contributed by atoms with Gasteiger partial charge in [0.2, 0.25) is 0 Å². The van der Waals surface area contributed by atoms with Crippen LogP contribution >= 0.6 is 0 Å². The Hall–Kier alpha value is -3.10. The molecular formula is C23H26N6O2. The zero-order chi connectivity index (χ0) is 21.2. The third kappa shape index (κ3) is 4.22. The molecule has 1 unspecified atom stereocenters. The molecule has 8 nitrogen and oxygen atoms in total. The summed E-state index contributed by atoms with van der Waals surface area (Å²) in [5.41, 5.74) is 5.19. The van der Waals surface area contributed by atoms with E-state index in [1.807, 2.05) is 48.0 Å². The highest BCUT2D eigenvalue weighted by molar-refractivity contribution is 5.88. The first-order valence-electron chi connectivity index (χ1n) is 10.8. The second-order valence-electron chi connectivity index (χ2n) is 7.89. The number of nitrogens with zero attached hydrogens (tertiary/aromatic N) is 5. The molecule has 1 fully saturated rings. The lowest BCUT2D eigenvalue weighted by Crippen LogP contribution is -2.17. The summed E-state index contributed by atoms with van der Waals surface area (Å²) in [6.07, 6.45) is 2.13. The van der Waals surface area contributed by atoms with Crippen molar-refractivity contribution in [3.8, 4) is 11.3 Å². The lowest BCUT2D eigenvalue weighted by atomic mass is 10.1. The molecule has 0 amide bonds. The van der Waals surface area contributed by atoms with Crippen LogP contribution < -0.4 is 5.32 Å². The van der Waals surface area contributed by atoms with Crippen molar-refractivity contribution < 1.29 is 9.15 Å². The standard InChI is InChI=1S/C23H26N6O2/c1-3-16-11-20(21-8-7-15(2)31-21)22-23(26-16)29(28-27-22)13-17-5-4-6-18(25-17)14-30-19-9-10-24-12-19/h4-8,11,19,24H,3,9-10,12-14H2,1-2H3. The number of pyridine rings is 2. The zero-order valence-electron chi connectivity index (χ0n) is 17.8. The average molecular weight is 419 g/mol. The SMILES string of the molecule is CCc1cc(-c2ccc(C)o2)c2nnn(Cc3cccc(COC4CCNC4)n3)c2n1. The zero-order valence-corrected chi connectivity index (χ0v) is 17.8. The first-order valence-corrected chi connectivity index (χ1v) is 10.8. The molecular weight excluding hydrogens is 392 g/mol. The quantitative estimate of drug-likeness (QED) is 0.492. The van der Waals surface area contributed by atoms with Gasteiger partial charge in [-0.2, -0.15) is 0 Å². The maximum Gasteiger partial charge on any atom is 0.179 e. The molecule has 4 aromatic heterocycles. The van der Waals surface area contributed by atoms with Crippen molar-refractivity contribution >= 4 is 11.2 Å². The number of hydrogen-bond donors (Lipinski definition) is 1. The highest BCUT2D eigenvalue weighted by Gasteiger charge is 2.17. The molecule has 0 radical (unpaired) electrons. The van der Waals surface area contributed by atoms with Crippen LogP contribution in [0.2, 0.25) is 0 Å². The molecule has 1 saturated heterocycles. The Kier molecular flexibility index (Phi) is 5.48. The molecule has 0 bridgehead atoms. The van der Waals surface area contributed by atoms with E-state index >= 15 is 0 Å². The molecule has 1 aliphatic rings. The fraction of sp³-hybridized carbons (Fsp3) is 0.391. The summed E-state index contributed by atoms with van der Waals surface area (Å²) in [6.45, 7) is 6.96. The van der Waals surface area contributed by atoms with Crippen molar-refractivity contribution in [2.24, 2.45) is 0 Å². The molecule has 0 spiro atoms. The molecule has 0 aromatic carbocycles. The molecule has 5 rings (SSSR count). The molecule has 1 atom stereocenters. The second-order valence-corrected chi connectivity index (χ2v) is 7.89. The normalized spacial score (nSPS) is 16.4. The summed E-state index contributed by atoms with van der Waals surface area (Å²) in [7, 11) is 0. The van der Waals surface area contributed by atoms with Crippen molar-refractivity contribution in [3.63, 3.8) is 0 Å². The van der Waals surface area contributed by atoms with Crippen molar-refractivity contribution in [3.05, 3.63) is 59.2 Å². The van der Waals surface area contributed by atoms with Gasteiger partial charge in [0.05, 0.1) is 36.2 Å². The van der Waals surface area contributed by atoms with Gasteiger partial charge in [-0.1, -0.05) is 18.2 Å². The summed E-state index contributed by atoms with van der Waals surface area (Å²) in [5, 5.41) is 12.1. The molecule has 5 heterocycles. The fourth-order valence-corrected chi connectivity index (χ4v) is 3.88. The Morgan fingerprint density at radius 1 is 1.16 bits per heavy atom. The van der Waals surface area contributed by atoms with E-state index in [-0.39, 0.29) is 6.10 Å². The number of ether oxygens (including phenoxy) is 1. The Balaban J connectivity index is 1.42. The van der Waals surface area contributed by atoms with Crippen LogP contribution in [0.4, 0.5) is 0 Å². The fourth-order valence-electron chi connectivity index (χ4n) is 3.88. The molecule has 4 aromatic rings. The van der Waals surface area contributed by atoms with Crippen LogP contribution in [0.15, 0.2) is 40.8 Å². The van der Waals surface area contributed by atoms with Crippen LogP contribution in [0.5, 0.6) is 0 Å². The first-order chi connectivity index (χ1) is 15.2. The van der Waals surface area contributed by atoms with Gasteiger partial charge in [-0.25, -0.2) is 9.67 Å². The lowest BCUT2D eigenvalue weighted by molar-refractivity contribution is 0.0521. The van der Waals surface area contributed by atoms with E-state index in [4.69, 9.17) is 19.1 Å². The van der Waals surface area contributed by atoms with Crippen molar-refractivity contribution in [2.45, 2.75) is 45.9 Å². The van der Waals surface area contributed by atoms with E-state index in [9.17, 15) is 0 Å². The Bertz CT molecular complexity index is 1190. The maximum absolute atomic E-state index is 5.96. The van der Waals surface area contributed by atoms with E-state index in [0.717, 1.165) is 71.3 Å². The molecule has 0 aliphatic carbocycles. The van der Waals surface area contributed by atoms with E-state index in [1.165, 1.54) is 0 Å². The van der Waals surface area contributed by atoms with Crippen molar-refractivity contribution in [1.29, 1.82) is 0 Å². The van der Waals surface area contributed by atoms with Crippen molar-refractivity contribution in [1.82, 2.24) is 30.3 Å². The third-order valence-corrected chi connectivity index (χ3v) is 5.55. The summed E-state index contributed by atoms with van der Waals surface area (Å²) in [5.74, 6) is 1.65. The first kappa shape index (κ1) is 19.8. The number of aryl methyl sites for hydroxylation is 2. The highest BCUT2D eigenvalue weighted by Crippen LogP contribution is 2.29. The third-order valence-electron chi connectivity index (χ3n) is 5.55. The van der Waals surface area contributed by atoms with Gasteiger partial charge in [0.15, 0.2) is 5.65 Å². The van der Waals surface area contributed by atoms with Crippen LogP contribution in [0.1, 0.15) is 36.2 Å². The van der Waals surface area contributed by atoms with E-state index in [1.54, 1.807) is 0 Å². The van der Waals surface area contributed by atoms with Crippen LogP contribution in [0.25, 0.3) is 22.5 Å². The number of furan rings is 1. The molecule has 160 valence electrons. The second kappa shape index (κ2) is 8.56. The Morgan fingerprint density at radius 2 is 2.06 bits per heavy atom. The molecule has 8 heteroatoms. The highest BCUT2D eigenvalue weighted by atomic mass is 16.5. The average Bonchev–Trinajstić information content (AvgIpc) is 3.54.